The van der Waals surface area contributed by atoms with E-state index in [0.29, 0.717) is 17.9 Å². The summed E-state index contributed by atoms with van der Waals surface area (Å²) < 4.78 is 0. The van der Waals surface area contributed by atoms with Gasteiger partial charge in [-0.3, -0.25) is 0 Å². The first kappa shape index (κ1) is 8.97. The van der Waals surface area contributed by atoms with Crippen LogP contribution in [0.25, 0.3) is 0 Å². The van der Waals surface area contributed by atoms with Gasteiger partial charge in [0, 0.05) is 19.3 Å². The van der Waals surface area contributed by atoms with E-state index in [2.05, 4.69) is 11.1 Å². The van der Waals surface area contributed by atoms with Crippen LogP contribution in [0.2, 0.25) is 0 Å². The van der Waals surface area contributed by atoms with E-state index in [-0.39, 0.29) is 6.10 Å². The van der Waals surface area contributed by atoms with E-state index < -0.39 is 0 Å². The number of pyridine rings is 1. The van der Waals surface area contributed by atoms with Crippen molar-refractivity contribution in [3.05, 3.63) is 23.9 Å². The summed E-state index contributed by atoms with van der Waals surface area (Å²) in [6.07, 6.45) is 2.13. The zero-order valence-electron chi connectivity index (χ0n) is 7.72. The molecular formula is C10H11N3O. The van der Waals surface area contributed by atoms with Crippen LogP contribution in [0.5, 0.6) is 0 Å². The van der Waals surface area contributed by atoms with E-state index in [1.165, 1.54) is 0 Å². The van der Waals surface area contributed by atoms with Gasteiger partial charge >= 0.3 is 0 Å². The van der Waals surface area contributed by atoms with Gasteiger partial charge in [0.05, 0.1) is 11.7 Å². The van der Waals surface area contributed by atoms with Gasteiger partial charge in [0.15, 0.2) is 0 Å². The summed E-state index contributed by atoms with van der Waals surface area (Å²) in [6.45, 7) is 1.35. The average Bonchev–Trinajstić information content (AvgIpc) is 2.65. The predicted molar refractivity (Wildman–Crippen MR) is 51.8 cm³/mol. The molecule has 2 heterocycles. The highest BCUT2D eigenvalue weighted by Crippen LogP contribution is 2.21. The molecule has 0 saturated carbocycles. The molecule has 4 heteroatoms. The van der Waals surface area contributed by atoms with E-state index >= 15 is 0 Å². The topological polar surface area (TPSA) is 60.2 Å². The number of aliphatic hydroxyl groups excluding tert-OH is 1. The Hall–Kier alpha value is -1.60. The van der Waals surface area contributed by atoms with Gasteiger partial charge in [-0.1, -0.05) is 0 Å². The van der Waals surface area contributed by atoms with Crippen LogP contribution in [0.4, 0.5) is 5.82 Å². The quantitative estimate of drug-likeness (QED) is 0.699. The number of β-amino-alcohol motifs (C(OH)–C–C–N with tert-alkyl or cyclic N) is 1. The molecule has 0 aliphatic carbocycles. The zero-order valence-corrected chi connectivity index (χ0v) is 7.72. The molecule has 4 nitrogen and oxygen atoms in total. The van der Waals surface area contributed by atoms with Gasteiger partial charge in [-0.15, -0.1) is 0 Å². The lowest BCUT2D eigenvalue weighted by molar-refractivity contribution is 0.198. The van der Waals surface area contributed by atoms with Crippen molar-refractivity contribution in [3.8, 4) is 6.07 Å². The molecule has 1 aliphatic rings. The average molecular weight is 189 g/mol. The summed E-state index contributed by atoms with van der Waals surface area (Å²) in [5, 5.41) is 18.2. The minimum Gasteiger partial charge on any atom is -0.391 e. The largest absolute Gasteiger partial charge is 0.391 e. The fourth-order valence-corrected chi connectivity index (χ4v) is 1.67. The number of nitrogens with zero attached hydrogens (tertiary/aromatic N) is 3. The number of anilines is 1. The van der Waals surface area contributed by atoms with Crippen LogP contribution in [0, 0.1) is 11.3 Å². The summed E-state index contributed by atoms with van der Waals surface area (Å²) in [6, 6.07) is 5.59. The Labute approximate surface area is 82.4 Å². The van der Waals surface area contributed by atoms with E-state index in [0.717, 1.165) is 13.0 Å². The molecule has 1 unspecified atom stereocenters. The van der Waals surface area contributed by atoms with Gasteiger partial charge in [-0.05, 0) is 18.6 Å². The Morgan fingerprint density at radius 3 is 3.14 bits per heavy atom. The van der Waals surface area contributed by atoms with Gasteiger partial charge in [-0.2, -0.15) is 5.26 Å². The van der Waals surface area contributed by atoms with Gasteiger partial charge < -0.3 is 10.0 Å². The minimum absolute atomic E-state index is 0.288. The predicted octanol–water partition coefficient (Wildman–Crippen LogP) is 0.524. The SMILES string of the molecule is N#Cc1cccnc1N1CCC(O)C1. The third kappa shape index (κ3) is 1.54. The molecule has 0 amide bonds. The fourth-order valence-electron chi connectivity index (χ4n) is 1.67. The van der Waals surface area contributed by atoms with Crippen LogP contribution in [0.3, 0.4) is 0 Å². The van der Waals surface area contributed by atoms with Crippen LogP contribution in [-0.4, -0.2) is 29.3 Å². The first-order valence-corrected chi connectivity index (χ1v) is 4.59. The molecule has 1 saturated heterocycles. The zero-order chi connectivity index (χ0) is 9.97. The molecule has 0 bridgehead atoms. The smallest absolute Gasteiger partial charge is 0.146 e. The third-order valence-electron chi connectivity index (χ3n) is 2.37. The van der Waals surface area contributed by atoms with Crippen LogP contribution in [0.1, 0.15) is 12.0 Å². The summed E-state index contributed by atoms with van der Waals surface area (Å²) in [7, 11) is 0. The standard InChI is InChI=1S/C10H11N3O/c11-6-8-2-1-4-12-10(8)13-5-3-9(14)7-13/h1-2,4,9,14H,3,5,7H2. The minimum atomic E-state index is -0.288. The van der Waals surface area contributed by atoms with E-state index in [9.17, 15) is 5.11 Å². The Balaban J connectivity index is 2.28. The molecule has 1 aromatic rings. The number of rotatable bonds is 1. The number of hydrogen-bond acceptors (Lipinski definition) is 4. The second-order valence-electron chi connectivity index (χ2n) is 3.37. The van der Waals surface area contributed by atoms with Crippen molar-refractivity contribution >= 4 is 5.82 Å². The highest BCUT2D eigenvalue weighted by Gasteiger charge is 2.22. The van der Waals surface area contributed by atoms with Gasteiger partial charge in [0.25, 0.3) is 0 Å². The van der Waals surface area contributed by atoms with Crippen LogP contribution < -0.4 is 4.90 Å². The molecule has 1 aliphatic heterocycles. The van der Waals surface area contributed by atoms with E-state index in [1.54, 1.807) is 18.3 Å². The number of hydrogen-bond donors (Lipinski definition) is 1. The van der Waals surface area contributed by atoms with E-state index in [4.69, 9.17) is 5.26 Å². The summed E-state index contributed by atoms with van der Waals surface area (Å²) >= 11 is 0. The van der Waals surface area contributed by atoms with Crippen molar-refractivity contribution in [3.63, 3.8) is 0 Å². The van der Waals surface area contributed by atoms with Crippen molar-refractivity contribution in [2.45, 2.75) is 12.5 Å². The number of nitriles is 1. The summed E-state index contributed by atoms with van der Waals surface area (Å²) in [5.41, 5.74) is 0.571. The number of aromatic nitrogens is 1. The molecule has 72 valence electrons. The van der Waals surface area contributed by atoms with E-state index in [1.807, 2.05) is 4.90 Å². The highest BCUT2D eigenvalue weighted by molar-refractivity contribution is 5.54. The Kier molecular flexibility index (Phi) is 2.33. The molecule has 1 atom stereocenters. The van der Waals surface area contributed by atoms with Gasteiger partial charge in [-0.25, -0.2) is 4.98 Å². The van der Waals surface area contributed by atoms with Crippen LogP contribution >= 0.6 is 0 Å². The Morgan fingerprint density at radius 2 is 2.50 bits per heavy atom. The molecule has 0 radical (unpaired) electrons. The lowest BCUT2D eigenvalue weighted by atomic mass is 10.2. The number of aliphatic hydroxyl groups is 1. The maximum absolute atomic E-state index is 9.37. The Bertz CT molecular complexity index is 372. The molecule has 0 aromatic carbocycles. The molecule has 1 aromatic heterocycles. The summed E-state index contributed by atoms with van der Waals surface area (Å²) in [4.78, 5) is 6.11. The normalized spacial score (nSPS) is 20.9. The summed E-state index contributed by atoms with van der Waals surface area (Å²) in [5.74, 6) is 0.687. The Morgan fingerprint density at radius 1 is 1.64 bits per heavy atom. The molecule has 2 rings (SSSR count). The maximum Gasteiger partial charge on any atom is 0.146 e. The van der Waals surface area contributed by atoms with Crippen molar-refractivity contribution in [2.24, 2.45) is 0 Å². The molecule has 1 N–H and O–H groups in total. The van der Waals surface area contributed by atoms with Crippen molar-refractivity contribution in [2.75, 3.05) is 18.0 Å². The second kappa shape index (κ2) is 3.64. The van der Waals surface area contributed by atoms with Gasteiger partial charge in [0.2, 0.25) is 0 Å². The fraction of sp³-hybridized carbons (Fsp3) is 0.400. The molecule has 14 heavy (non-hydrogen) atoms. The first-order chi connectivity index (χ1) is 6.81. The van der Waals surface area contributed by atoms with Gasteiger partial charge in [0.1, 0.15) is 11.9 Å². The lowest BCUT2D eigenvalue weighted by Crippen LogP contribution is -2.23. The highest BCUT2D eigenvalue weighted by atomic mass is 16.3. The molecular weight excluding hydrogens is 178 g/mol. The van der Waals surface area contributed by atoms with Crippen LogP contribution in [0.15, 0.2) is 18.3 Å². The monoisotopic (exact) mass is 189 g/mol. The van der Waals surface area contributed by atoms with Crippen molar-refractivity contribution in [1.82, 2.24) is 4.98 Å². The first-order valence-electron chi connectivity index (χ1n) is 4.59. The second-order valence-corrected chi connectivity index (χ2v) is 3.37. The third-order valence-corrected chi connectivity index (χ3v) is 2.37. The van der Waals surface area contributed by atoms with Crippen molar-refractivity contribution in [1.29, 1.82) is 5.26 Å². The lowest BCUT2D eigenvalue weighted by Gasteiger charge is -2.17. The van der Waals surface area contributed by atoms with Crippen molar-refractivity contribution < 1.29 is 5.11 Å². The maximum atomic E-state index is 9.37. The molecule has 1 fully saturated rings. The molecule has 0 spiro atoms. The van der Waals surface area contributed by atoms with Crippen LogP contribution in [-0.2, 0) is 0 Å².